The molecule has 124 valence electrons. The van der Waals surface area contributed by atoms with Crippen LogP contribution in [0, 0.1) is 5.92 Å². The molecule has 1 saturated heterocycles. The number of hydrogen-bond acceptors (Lipinski definition) is 3. The summed E-state index contributed by atoms with van der Waals surface area (Å²) in [7, 11) is 3.56. The molecule has 0 spiro atoms. The Morgan fingerprint density at radius 2 is 2.35 bits per heavy atom. The molecule has 2 heterocycles. The van der Waals surface area contributed by atoms with E-state index in [9.17, 15) is 4.79 Å². The lowest BCUT2D eigenvalue weighted by Gasteiger charge is -2.09. The highest BCUT2D eigenvalue weighted by atomic mass is 16.5. The molecule has 3 rings (SSSR count). The number of aryl methyl sites for hydroxylation is 1. The number of carbonyl (C=O) groups is 1. The first-order chi connectivity index (χ1) is 11.2. The summed E-state index contributed by atoms with van der Waals surface area (Å²) < 4.78 is 12.7. The van der Waals surface area contributed by atoms with Crippen LogP contribution >= 0.6 is 0 Å². The molecule has 5 nitrogen and oxygen atoms in total. The highest BCUT2D eigenvalue weighted by Gasteiger charge is 2.17. The highest BCUT2D eigenvalue weighted by Crippen LogP contribution is 2.28. The number of fused-ring (bicyclic) bond motifs is 1. The van der Waals surface area contributed by atoms with Gasteiger partial charge in [-0.2, -0.15) is 0 Å². The molecule has 1 aromatic carbocycles. The standard InChI is InChI=1S/C18H24N2O3/c1-20-15-6-3-7-17(22-2)14(15)11-16(20)18(21)19-9-4-5-13-8-10-23-12-13/h3,6-7,11,13H,4-5,8-10,12H2,1-2H3,(H,19,21). The van der Waals surface area contributed by atoms with Crippen molar-refractivity contribution in [3.8, 4) is 5.75 Å². The molecule has 1 aliphatic heterocycles. The van der Waals surface area contributed by atoms with Gasteiger partial charge in [-0.25, -0.2) is 0 Å². The maximum absolute atomic E-state index is 12.4. The van der Waals surface area contributed by atoms with Crippen LogP contribution in [0.4, 0.5) is 0 Å². The van der Waals surface area contributed by atoms with Crippen molar-refractivity contribution in [1.29, 1.82) is 0 Å². The van der Waals surface area contributed by atoms with Gasteiger partial charge in [-0.3, -0.25) is 4.79 Å². The topological polar surface area (TPSA) is 52.5 Å². The van der Waals surface area contributed by atoms with Crippen molar-refractivity contribution in [2.24, 2.45) is 13.0 Å². The van der Waals surface area contributed by atoms with Crippen molar-refractivity contribution in [2.75, 3.05) is 26.9 Å². The van der Waals surface area contributed by atoms with E-state index in [0.717, 1.165) is 49.1 Å². The zero-order valence-electron chi connectivity index (χ0n) is 13.8. The van der Waals surface area contributed by atoms with E-state index in [1.807, 2.05) is 35.9 Å². The number of amides is 1. The maximum Gasteiger partial charge on any atom is 0.267 e. The molecule has 23 heavy (non-hydrogen) atoms. The number of rotatable bonds is 6. The molecule has 1 aromatic heterocycles. The van der Waals surface area contributed by atoms with Crippen LogP contribution in [0.15, 0.2) is 24.3 Å². The quantitative estimate of drug-likeness (QED) is 0.834. The Balaban J connectivity index is 1.62. The van der Waals surface area contributed by atoms with E-state index in [1.54, 1.807) is 7.11 Å². The number of aromatic nitrogens is 1. The van der Waals surface area contributed by atoms with Gasteiger partial charge in [0.05, 0.1) is 12.6 Å². The molecule has 1 aliphatic rings. The number of methoxy groups -OCH3 is 1. The van der Waals surface area contributed by atoms with Crippen molar-refractivity contribution in [2.45, 2.75) is 19.3 Å². The Morgan fingerprint density at radius 1 is 1.48 bits per heavy atom. The van der Waals surface area contributed by atoms with Crippen LogP contribution in [0.1, 0.15) is 29.8 Å². The van der Waals surface area contributed by atoms with E-state index in [0.29, 0.717) is 18.2 Å². The van der Waals surface area contributed by atoms with Gasteiger partial charge < -0.3 is 19.4 Å². The lowest BCUT2D eigenvalue weighted by atomic mass is 10.0. The largest absolute Gasteiger partial charge is 0.496 e. The van der Waals surface area contributed by atoms with Crippen LogP contribution in [0.2, 0.25) is 0 Å². The smallest absolute Gasteiger partial charge is 0.267 e. The summed E-state index contributed by atoms with van der Waals surface area (Å²) in [5.41, 5.74) is 1.66. The second-order valence-electron chi connectivity index (χ2n) is 6.11. The van der Waals surface area contributed by atoms with Gasteiger partial charge in [0.25, 0.3) is 5.91 Å². The Labute approximate surface area is 136 Å². The van der Waals surface area contributed by atoms with Crippen molar-refractivity contribution in [3.05, 3.63) is 30.0 Å². The summed E-state index contributed by atoms with van der Waals surface area (Å²) in [6.07, 6.45) is 3.26. The first-order valence-electron chi connectivity index (χ1n) is 8.19. The molecular formula is C18H24N2O3. The summed E-state index contributed by atoms with van der Waals surface area (Å²) in [5.74, 6) is 1.42. The van der Waals surface area contributed by atoms with Gasteiger partial charge in [-0.05, 0) is 43.4 Å². The molecule has 1 atom stereocenters. The van der Waals surface area contributed by atoms with E-state index in [-0.39, 0.29) is 5.91 Å². The molecule has 2 aromatic rings. The zero-order valence-corrected chi connectivity index (χ0v) is 13.8. The molecule has 1 amide bonds. The average molecular weight is 316 g/mol. The Bertz CT molecular complexity index is 687. The van der Waals surface area contributed by atoms with Crippen LogP contribution in [0.5, 0.6) is 5.75 Å². The van der Waals surface area contributed by atoms with Crippen LogP contribution in [-0.4, -0.2) is 37.3 Å². The van der Waals surface area contributed by atoms with Gasteiger partial charge in [0.2, 0.25) is 0 Å². The molecule has 0 saturated carbocycles. The molecule has 0 aliphatic carbocycles. The van der Waals surface area contributed by atoms with Gasteiger partial charge in [0.1, 0.15) is 11.4 Å². The zero-order chi connectivity index (χ0) is 16.2. The molecular weight excluding hydrogens is 292 g/mol. The molecule has 0 bridgehead atoms. The van der Waals surface area contributed by atoms with Gasteiger partial charge in [-0.1, -0.05) is 6.07 Å². The van der Waals surface area contributed by atoms with Crippen molar-refractivity contribution >= 4 is 16.8 Å². The predicted molar refractivity (Wildman–Crippen MR) is 90.0 cm³/mol. The van der Waals surface area contributed by atoms with Crippen LogP contribution in [0.3, 0.4) is 0 Å². The average Bonchev–Trinajstić information content (AvgIpc) is 3.19. The molecule has 1 unspecified atom stereocenters. The van der Waals surface area contributed by atoms with Gasteiger partial charge >= 0.3 is 0 Å². The van der Waals surface area contributed by atoms with Crippen LogP contribution < -0.4 is 10.1 Å². The van der Waals surface area contributed by atoms with E-state index < -0.39 is 0 Å². The Hall–Kier alpha value is -2.01. The lowest BCUT2D eigenvalue weighted by Crippen LogP contribution is -2.26. The number of nitrogens with zero attached hydrogens (tertiary/aromatic N) is 1. The molecule has 1 N–H and O–H groups in total. The number of ether oxygens (including phenoxy) is 2. The minimum atomic E-state index is -0.0339. The van der Waals surface area contributed by atoms with E-state index in [4.69, 9.17) is 9.47 Å². The third kappa shape index (κ3) is 3.34. The van der Waals surface area contributed by atoms with Crippen molar-refractivity contribution < 1.29 is 14.3 Å². The summed E-state index contributed by atoms with van der Waals surface area (Å²) in [6.45, 7) is 2.46. The summed E-state index contributed by atoms with van der Waals surface area (Å²) in [6, 6.07) is 7.74. The number of carbonyl (C=O) groups excluding carboxylic acids is 1. The summed E-state index contributed by atoms with van der Waals surface area (Å²) in [5, 5.41) is 3.98. The Kier molecular flexibility index (Phi) is 4.86. The van der Waals surface area contributed by atoms with Gasteiger partial charge in [0, 0.05) is 32.2 Å². The third-order valence-electron chi connectivity index (χ3n) is 4.60. The maximum atomic E-state index is 12.4. The predicted octanol–water partition coefficient (Wildman–Crippen LogP) is 2.73. The number of nitrogens with one attached hydrogen (secondary N) is 1. The van der Waals surface area contributed by atoms with Crippen molar-refractivity contribution in [3.63, 3.8) is 0 Å². The van der Waals surface area contributed by atoms with E-state index in [2.05, 4.69) is 5.32 Å². The first-order valence-corrected chi connectivity index (χ1v) is 8.19. The van der Waals surface area contributed by atoms with E-state index in [1.165, 1.54) is 0 Å². The fourth-order valence-corrected chi connectivity index (χ4v) is 3.22. The minimum Gasteiger partial charge on any atom is -0.496 e. The van der Waals surface area contributed by atoms with Gasteiger partial charge in [0.15, 0.2) is 0 Å². The minimum absolute atomic E-state index is 0.0339. The second-order valence-corrected chi connectivity index (χ2v) is 6.11. The van der Waals surface area contributed by atoms with Crippen LogP contribution in [0.25, 0.3) is 10.9 Å². The molecule has 1 fully saturated rings. The molecule has 5 heteroatoms. The fourth-order valence-electron chi connectivity index (χ4n) is 3.22. The number of benzene rings is 1. The van der Waals surface area contributed by atoms with E-state index >= 15 is 0 Å². The normalized spacial score (nSPS) is 17.6. The van der Waals surface area contributed by atoms with Crippen LogP contribution in [-0.2, 0) is 11.8 Å². The lowest BCUT2D eigenvalue weighted by molar-refractivity contribution is 0.0944. The summed E-state index contributed by atoms with van der Waals surface area (Å²) >= 11 is 0. The summed E-state index contributed by atoms with van der Waals surface area (Å²) in [4.78, 5) is 12.4. The van der Waals surface area contributed by atoms with Crippen molar-refractivity contribution in [1.82, 2.24) is 9.88 Å². The second kappa shape index (κ2) is 7.04. The third-order valence-corrected chi connectivity index (χ3v) is 4.60. The Morgan fingerprint density at radius 3 is 3.09 bits per heavy atom. The monoisotopic (exact) mass is 316 g/mol. The molecule has 0 radical (unpaired) electrons. The number of hydrogen-bond donors (Lipinski definition) is 1. The fraction of sp³-hybridized carbons (Fsp3) is 0.500. The highest BCUT2D eigenvalue weighted by molar-refractivity contribution is 6.00. The SMILES string of the molecule is COc1cccc2c1cc(C(=O)NCCCC1CCOC1)n2C. The van der Waals surface area contributed by atoms with Gasteiger partial charge in [-0.15, -0.1) is 0 Å². The first kappa shape index (κ1) is 15.9.